The molecule has 0 spiro atoms. The van der Waals surface area contributed by atoms with E-state index in [1.54, 1.807) is 11.3 Å². The summed E-state index contributed by atoms with van der Waals surface area (Å²) in [6, 6.07) is 7.05. The number of hydrogen-bond donors (Lipinski definition) is 1. The standard InChI is InChI=1S/C24H24BIN5O2S/c1-6-17(22(33)26-25)21-23-30-29-14(5)31(23)24-19(12(3)13(4)34-24)20(28-21)15-9-8-10-16(11-15)27-18(32)7-2/h7-11,17,21H,2,6H2,1,3-5H3,(H,27,32)/q-1. The van der Waals surface area contributed by atoms with E-state index < -0.39 is 27.0 Å². The fourth-order valence-electron chi connectivity index (χ4n) is 4.14. The third-order valence-corrected chi connectivity index (χ3v) is 8.60. The molecule has 0 saturated heterocycles. The van der Waals surface area contributed by atoms with Gasteiger partial charge in [-0.05, 0) is 0 Å². The molecule has 1 aliphatic heterocycles. The van der Waals surface area contributed by atoms with Crippen molar-refractivity contribution in [2.45, 2.75) is 40.2 Å². The second-order valence-corrected chi connectivity index (χ2v) is 10.9. The Morgan fingerprint density at radius 3 is 2.76 bits per heavy atom. The number of carbonyl (C=O) groups excluding carboxylic acids is 2. The average Bonchev–Trinajstić information content (AvgIpc) is 3.30. The van der Waals surface area contributed by atoms with Crippen LogP contribution in [0.25, 0.3) is 5.00 Å². The van der Waals surface area contributed by atoms with Gasteiger partial charge in [0.15, 0.2) is 0 Å². The van der Waals surface area contributed by atoms with Gasteiger partial charge >= 0.3 is 215 Å². The molecule has 7 nitrogen and oxygen atoms in total. The number of rotatable bonds is 7. The topological polar surface area (TPSA) is 89.2 Å². The number of aromatic nitrogens is 3. The molecule has 2 atom stereocenters. The molecule has 3 heterocycles. The number of anilines is 1. The number of aryl methyl sites for hydroxylation is 2. The number of nitrogens with one attached hydrogen (secondary N) is 1. The van der Waals surface area contributed by atoms with Gasteiger partial charge in [-0.1, -0.05) is 0 Å². The number of fused-ring (bicyclic) bond motifs is 3. The summed E-state index contributed by atoms with van der Waals surface area (Å²) >= 11 is 0.572. The van der Waals surface area contributed by atoms with E-state index in [-0.39, 0.29) is 15.6 Å². The van der Waals surface area contributed by atoms with Crippen LogP contribution in [0.5, 0.6) is 0 Å². The number of hydrogen-bond acceptors (Lipinski definition) is 6. The first-order valence-corrected chi connectivity index (χ1v) is 14.0. The van der Waals surface area contributed by atoms with Crippen LogP contribution in [-0.2, 0) is 9.59 Å². The molecule has 3 aromatic rings. The van der Waals surface area contributed by atoms with Gasteiger partial charge in [0.1, 0.15) is 0 Å². The molecule has 1 aliphatic rings. The summed E-state index contributed by atoms with van der Waals surface area (Å²) in [7, 11) is 0. The molecular formula is C24H24BIN5O2S-. The van der Waals surface area contributed by atoms with E-state index in [0.29, 0.717) is 17.9 Å². The Morgan fingerprint density at radius 1 is 1.32 bits per heavy atom. The summed E-state index contributed by atoms with van der Waals surface area (Å²) in [6.07, 6.45) is 1.84. The second-order valence-electron chi connectivity index (χ2n) is 8.03. The summed E-state index contributed by atoms with van der Waals surface area (Å²) in [5.41, 5.74) is 10.2. The van der Waals surface area contributed by atoms with E-state index in [1.165, 1.54) is 11.0 Å². The van der Waals surface area contributed by atoms with Crippen LogP contribution in [0.15, 0.2) is 41.9 Å². The van der Waals surface area contributed by atoms with E-state index in [1.807, 2.05) is 42.7 Å². The normalized spacial score (nSPS) is 15.6. The molecule has 0 aliphatic carbocycles. The van der Waals surface area contributed by atoms with Crippen LogP contribution in [0, 0.1) is 26.7 Å². The summed E-state index contributed by atoms with van der Waals surface area (Å²) in [5, 5.41) is 12.6. The molecule has 0 bridgehead atoms. The summed E-state index contributed by atoms with van der Waals surface area (Å²) < 4.78 is 2.08. The molecule has 2 aromatic heterocycles. The first kappa shape index (κ1) is 24.5. The van der Waals surface area contributed by atoms with Crippen LogP contribution in [0.2, 0.25) is 0 Å². The molecular weight excluding hydrogens is 560 g/mol. The van der Waals surface area contributed by atoms with Crippen molar-refractivity contribution >= 4 is 38.1 Å². The zero-order chi connectivity index (χ0) is 24.6. The maximum atomic E-state index is 12.9. The van der Waals surface area contributed by atoms with Crippen LogP contribution in [0.4, 0.5) is 5.69 Å². The molecule has 34 heavy (non-hydrogen) atoms. The number of benzene rings is 1. The Hall–Kier alpha value is -2.60. The van der Waals surface area contributed by atoms with Gasteiger partial charge in [0.25, 0.3) is 0 Å². The number of aliphatic imine (C=N–C) groups is 1. The van der Waals surface area contributed by atoms with E-state index in [0.717, 1.165) is 33.2 Å². The Bertz CT molecular complexity index is 1330. The maximum absolute atomic E-state index is 12.9. The van der Waals surface area contributed by atoms with Gasteiger partial charge in [-0.15, -0.1) is 0 Å². The molecule has 0 saturated carbocycles. The number of thiophene rings is 1. The van der Waals surface area contributed by atoms with Gasteiger partial charge in [0.05, 0.1) is 0 Å². The summed E-state index contributed by atoms with van der Waals surface area (Å²) in [6.45, 7) is 11.6. The molecule has 4 rings (SSSR count). The quantitative estimate of drug-likeness (QED) is 0.194. The average molecular weight is 584 g/mol. The number of carbonyl (C=O) groups is 2. The predicted molar refractivity (Wildman–Crippen MR) is 132 cm³/mol. The van der Waals surface area contributed by atoms with Crippen molar-refractivity contribution in [2.24, 2.45) is 10.9 Å². The van der Waals surface area contributed by atoms with E-state index in [9.17, 15) is 9.59 Å². The molecule has 2 unspecified atom stereocenters. The fourth-order valence-corrected chi connectivity index (χ4v) is 6.60. The fraction of sp³-hybridized carbons (Fsp3) is 0.292. The Balaban J connectivity index is 2.00. The summed E-state index contributed by atoms with van der Waals surface area (Å²) in [5.74, 6) is 0.736. The zero-order valence-corrected chi connectivity index (χ0v) is 22.4. The van der Waals surface area contributed by atoms with Crippen molar-refractivity contribution in [3.63, 3.8) is 0 Å². The first-order valence-electron chi connectivity index (χ1n) is 10.8. The third kappa shape index (κ3) is 4.29. The number of nitrogens with zero attached hydrogens (tertiary/aromatic N) is 4. The van der Waals surface area contributed by atoms with Crippen molar-refractivity contribution < 1.29 is 30.6 Å². The molecule has 1 amide bonds. The minimum atomic E-state index is -1.09. The Labute approximate surface area is 214 Å². The molecule has 174 valence electrons. The van der Waals surface area contributed by atoms with Crippen LogP contribution >= 0.6 is 11.3 Å². The van der Waals surface area contributed by atoms with Crippen molar-refractivity contribution in [1.82, 2.24) is 14.8 Å². The van der Waals surface area contributed by atoms with E-state index in [4.69, 9.17) is 10.7 Å². The van der Waals surface area contributed by atoms with Crippen LogP contribution in [0.3, 0.4) is 0 Å². The molecule has 2 radical (unpaired) electrons. The first-order chi connectivity index (χ1) is 16.3. The van der Waals surface area contributed by atoms with Gasteiger partial charge in [0.2, 0.25) is 0 Å². The Morgan fingerprint density at radius 2 is 2.09 bits per heavy atom. The van der Waals surface area contributed by atoms with E-state index in [2.05, 4.69) is 35.9 Å². The molecule has 10 heteroatoms. The van der Waals surface area contributed by atoms with Crippen molar-refractivity contribution in [3.8, 4) is 5.00 Å². The minimum absolute atomic E-state index is 0.0479. The SMILES string of the molecule is [B][I-]C(=O)C(CC)C1N=C(c2cccc(NC(=O)C=C)c2)c2c(sc(C)c2C)-n2c(C)nnc21. The zero-order valence-electron chi connectivity index (χ0n) is 19.4. The van der Waals surface area contributed by atoms with Crippen LogP contribution < -0.4 is 26.3 Å². The van der Waals surface area contributed by atoms with Crippen LogP contribution in [-0.4, -0.2) is 35.9 Å². The monoisotopic (exact) mass is 584 g/mol. The van der Waals surface area contributed by atoms with Crippen molar-refractivity contribution in [2.75, 3.05) is 5.32 Å². The Kier molecular flexibility index (Phi) is 7.18. The van der Waals surface area contributed by atoms with E-state index >= 15 is 0 Å². The molecule has 1 aromatic carbocycles. The van der Waals surface area contributed by atoms with Crippen molar-refractivity contribution in [1.29, 1.82) is 0 Å². The second kappa shape index (κ2) is 9.95. The van der Waals surface area contributed by atoms with Gasteiger partial charge < -0.3 is 0 Å². The summed E-state index contributed by atoms with van der Waals surface area (Å²) in [4.78, 5) is 31.2. The van der Waals surface area contributed by atoms with Gasteiger partial charge in [0, 0.05) is 0 Å². The number of halogens is 1. The predicted octanol–water partition coefficient (Wildman–Crippen LogP) is 0.996. The van der Waals surface area contributed by atoms with Gasteiger partial charge in [-0.25, -0.2) is 0 Å². The molecule has 0 fully saturated rings. The van der Waals surface area contributed by atoms with Crippen LogP contribution in [0.1, 0.15) is 52.6 Å². The van der Waals surface area contributed by atoms with Gasteiger partial charge in [-0.3, -0.25) is 0 Å². The van der Waals surface area contributed by atoms with Gasteiger partial charge in [-0.2, -0.15) is 0 Å². The van der Waals surface area contributed by atoms with Crippen molar-refractivity contribution in [3.05, 3.63) is 70.1 Å². The third-order valence-electron chi connectivity index (χ3n) is 6.00. The molecule has 1 N–H and O–H groups in total. The number of amides is 1.